The van der Waals surface area contributed by atoms with Gasteiger partial charge in [0.1, 0.15) is 0 Å². The Morgan fingerprint density at radius 2 is 2.06 bits per heavy atom. The minimum Gasteiger partial charge on any atom is -0.396 e. The molecular weight excluding hydrogens is 234 g/mol. The van der Waals surface area contributed by atoms with Crippen molar-refractivity contribution in [1.82, 2.24) is 4.90 Å². The van der Waals surface area contributed by atoms with Crippen molar-refractivity contribution in [2.45, 2.75) is 38.3 Å². The minimum atomic E-state index is 0.311. The zero-order chi connectivity index (χ0) is 12.1. The largest absolute Gasteiger partial charge is 0.396 e. The normalized spacial score (nSPS) is 20.9. The number of benzene rings is 1. The van der Waals surface area contributed by atoms with Gasteiger partial charge in [-0.2, -0.15) is 0 Å². The summed E-state index contributed by atoms with van der Waals surface area (Å²) in [5.41, 5.74) is 1.32. The van der Waals surface area contributed by atoms with Crippen molar-refractivity contribution >= 4 is 11.6 Å². The molecule has 0 spiro atoms. The zero-order valence-corrected chi connectivity index (χ0v) is 10.9. The van der Waals surface area contributed by atoms with Crippen LogP contribution in [0.5, 0.6) is 0 Å². The lowest BCUT2D eigenvalue weighted by Crippen LogP contribution is -2.29. The number of likely N-dealkylation sites (tertiary alicyclic amines) is 1. The molecule has 3 heteroatoms. The second-order valence-electron chi connectivity index (χ2n) is 4.76. The van der Waals surface area contributed by atoms with E-state index in [1.54, 1.807) is 0 Å². The molecule has 0 bridgehead atoms. The average molecular weight is 254 g/mol. The summed E-state index contributed by atoms with van der Waals surface area (Å²) >= 11 is 5.88. The predicted molar refractivity (Wildman–Crippen MR) is 71.2 cm³/mol. The summed E-state index contributed by atoms with van der Waals surface area (Å²) in [5, 5.41) is 9.70. The molecule has 0 saturated carbocycles. The molecule has 0 amide bonds. The van der Waals surface area contributed by atoms with Gasteiger partial charge in [-0.25, -0.2) is 0 Å². The summed E-state index contributed by atoms with van der Waals surface area (Å²) in [6.07, 6.45) is 4.59. The van der Waals surface area contributed by atoms with Gasteiger partial charge in [0.25, 0.3) is 0 Å². The van der Waals surface area contributed by atoms with Crippen LogP contribution in [0.4, 0.5) is 0 Å². The van der Waals surface area contributed by atoms with Gasteiger partial charge in [-0.1, -0.05) is 23.7 Å². The van der Waals surface area contributed by atoms with E-state index in [0.717, 1.165) is 24.4 Å². The van der Waals surface area contributed by atoms with Gasteiger partial charge in [0.15, 0.2) is 0 Å². The lowest BCUT2D eigenvalue weighted by atomic mass is 10.1. The topological polar surface area (TPSA) is 23.5 Å². The number of aliphatic hydroxyl groups excluding tert-OH is 1. The highest BCUT2D eigenvalue weighted by atomic mass is 35.5. The second kappa shape index (κ2) is 6.39. The van der Waals surface area contributed by atoms with Crippen molar-refractivity contribution in [3.8, 4) is 0 Å². The summed E-state index contributed by atoms with van der Waals surface area (Å²) in [6.45, 7) is 2.50. The summed E-state index contributed by atoms with van der Waals surface area (Å²) in [5.74, 6) is 0. The van der Waals surface area contributed by atoms with Gasteiger partial charge in [-0.15, -0.1) is 0 Å². The van der Waals surface area contributed by atoms with Crippen molar-refractivity contribution in [2.75, 3.05) is 13.2 Å². The van der Waals surface area contributed by atoms with Crippen LogP contribution in [0.1, 0.15) is 31.2 Å². The lowest BCUT2D eigenvalue weighted by molar-refractivity contribution is 0.210. The highest BCUT2D eigenvalue weighted by molar-refractivity contribution is 6.30. The highest BCUT2D eigenvalue weighted by Gasteiger charge is 2.23. The first kappa shape index (κ1) is 12.9. The Hall–Kier alpha value is -0.570. The van der Waals surface area contributed by atoms with Crippen LogP contribution >= 0.6 is 11.6 Å². The number of halogens is 1. The molecule has 1 aromatic rings. The summed E-state index contributed by atoms with van der Waals surface area (Å²) < 4.78 is 0. The third-order valence-electron chi connectivity index (χ3n) is 3.49. The molecule has 0 radical (unpaired) electrons. The number of nitrogens with zero attached hydrogens (tertiary/aromatic N) is 1. The van der Waals surface area contributed by atoms with Gasteiger partial charge in [-0.3, -0.25) is 4.90 Å². The van der Waals surface area contributed by atoms with E-state index in [4.69, 9.17) is 16.7 Å². The fourth-order valence-corrected chi connectivity index (χ4v) is 2.71. The van der Waals surface area contributed by atoms with Gasteiger partial charge in [0, 0.05) is 24.2 Å². The van der Waals surface area contributed by atoms with Gasteiger partial charge >= 0.3 is 0 Å². The van der Waals surface area contributed by atoms with Crippen molar-refractivity contribution in [3.05, 3.63) is 34.9 Å². The Bertz CT molecular complexity index is 339. The van der Waals surface area contributed by atoms with E-state index in [2.05, 4.69) is 17.0 Å². The molecule has 2 rings (SSSR count). The van der Waals surface area contributed by atoms with E-state index in [9.17, 15) is 0 Å². The summed E-state index contributed by atoms with van der Waals surface area (Å²) in [7, 11) is 0. The fraction of sp³-hybridized carbons (Fsp3) is 0.571. The summed E-state index contributed by atoms with van der Waals surface area (Å²) in [4.78, 5) is 2.53. The number of hydrogen-bond acceptors (Lipinski definition) is 2. The van der Waals surface area contributed by atoms with Gasteiger partial charge in [0.05, 0.1) is 0 Å². The molecule has 1 atom stereocenters. The number of aliphatic hydroxyl groups is 1. The maximum atomic E-state index is 8.90. The maximum absolute atomic E-state index is 8.90. The van der Waals surface area contributed by atoms with E-state index in [0.29, 0.717) is 12.6 Å². The molecule has 0 aromatic heterocycles. The lowest BCUT2D eigenvalue weighted by Gasteiger charge is -2.24. The third kappa shape index (κ3) is 3.70. The van der Waals surface area contributed by atoms with Crippen LogP contribution in [-0.4, -0.2) is 29.2 Å². The first-order valence-electron chi connectivity index (χ1n) is 6.39. The molecule has 1 unspecified atom stereocenters. The average Bonchev–Trinajstić information content (AvgIpc) is 2.77. The van der Waals surface area contributed by atoms with Crippen molar-refractivity contribution in [3.63, 3.8) is 0 Å². The van der Waals surface area contributed by atoms with E-state index in [1.807, 2.05) is 12.1 Å². The Labute approximate surface area is 108 Å². The molecule has 1 heterocycles. The first-order chi connectivity index (χ1) is 8.29. The van der Waals surface area contributed by atoms with Crippen molar-refractivity contribution in [2.24, 2.45) is 0 Å². The third-order valence-corrected chi connectivity index (χ3v) is 3.75. The van der Waals surface area contributed by atoms with Crippen LogP contribution in [0.3, 0.4) is 0 Å². The van der Waals surface area contributed by atoms with E-state index in [1.165, 1.54) is 24.9 Å². The Morgan fingerprint density at radius 1 is 1.29 bits per heavy atom. The van der Waals surface area contributed by atoms with Gasteiger partial charge in [0.2, 0.25) is 0 Å². The molecule has 1 aliphatic rings. The minimum absolute atomic E-state index is 0.311. The first-order valence-corrected chi connectivity index (χ1v) is 6.77. The molecule has 2 nitrogen and oxygen atoms in total. The Kier molecular flexibility index (Phi) is 4.84. The number of rotatable bonds is 5. The van der Waals surface area contributed by atoms with Crippen LogP contribution in [0.2, 0.25) is 5.02 Å². The smallest absolute Gasteiger partial charge is 0.0431 e. The van der Waals surface area contributed by atoms with Crippen LogP contribution in [0.25, 0.3) is 0 Å². The molecule has 1 saturated heterocycles. The van der Waals surface area contributed by atoms with Gasteiger partial charge < -0.3 is 5.11 Å². The Morgan fingerprint density at radius 3 is 2.76 bits per heavy atom. The molecular formula is C14H20ClNO. The van der Waals surface area contributed by atoms with Crippen molar-refractivity contribution < 1.29 is 5.11 Å². The molecule has 94 valence electrons. The van der Waals surface area contributed by atoms with Crippen LogP contribution in [0, 0.1) is 0 Å². The number of hydrogen-bond donors (Lipinski definition) is 1. The van der Waals surface area contributed by atoms with Crippen LogP contribution in [0.15, 0.2) is 24.3 Å². The second-order valence-corrected chi connectivity index (χ2v) is 5.20. The quantitative estimate of drug-likeness (QED) is 0.872. The molecule has 1 N–H and O–H groups in total. The summed E-state index contributed by atoms with van der Waals surface area (Å²) in [6, 6.07) is 8.76. The molecule has 0 aliphatic carbocycles. The van der Waals surface area contributed by atoms with E-state index in [-0.39, 0.29) is 0 Å². The van der Waals surface area contributed by atoms with Gasteiger partial charge in [-0.05, 0) is 49.9 Å². The monoisotopic (exact) mass is 253 g/mol. The maximum Gasteiger partial charge on any atom is 0.0431 e. The molecule has 1 aromatic carbocycles. The Balaban J connectivity index is 1.90. The highest BCUT2D eigenvalue weighted by Crippen LogP contribution is 2.23. The predicted octanol–water partition coefficient (Wildman–Crippen LogP) is 3.08. The van der Waals surface area contributed by atoms with Crippen molar-refractivity contribution in [1.29, 1.82) is 0 Å². The van der Waals surface area contributed by atoms with E-state index < -0.39 is 0 Å². The van der Waals surface area contributed by atoms with E-state index >= 15 is 0 Å². The standard InChI is InChI=1S/C14H20ClNO/c15-13-7-5-12(6-8-13)11-16-9-1-3-14(16)4-2-10-17/h5-8,14,17H,1-4,9-11H2. The molecule has 17 heavy (non-hydrogen) atoms. The van der Waals surface area contributed by atoms with Crippen LogP contribution in [-0.2, 0) is 6.54 Å². The zero-order valence-electron chi connectivity index (χ0n) is 10.1. The molecule has 1 aliphatic heterocycles. The SMILES string of the molecule is OCCCC1CCCN1Cc1ccc(Cl)cc1. The molecule has 1 fully saturated rings. The van der Waals surface area contributed by atoms with Crippen LogP contribution < -0.4 is 0 Å². The fourth-order valence-electron chi connectivity index (χ4n) is 2.58.